The van der Waals surface area contributed by atoms with Gasteiger partial charge < -0.3 is 10.6 Å². The van der Waals surface area contributed by atoms with E-state index in [2.05, 4.69) is 52.5 Å². The lowest BCUT2D eigenvalue weighted by atomic mass is 10.1. The first-order chi connectivity index (χ1) is 11.8. The van der Waals surface area contributed by atoms with E-state index in [4.69, 9.17) is 5.73 Å². The van der Waals surface area contributed by atoms with Crippen LogP contribution in [0.25, 0.3) is 0 Å². The molecule has 0 radical (unpaired) electrons. The van der Waals surface area contributed by atoms with Gasteiger partial charge in [0.15, 0.2) is 0 Å². The normalized spacial score (nSPS) is 18.8. The van der Waals surface area contributed by atoms with E-state index in [-0.39, 0.29) is 0 Å². The first-order valence-electron chi connectivity index (χ1n) is 8.37. The number of nitrogens with two attached hydrogens (primary N) is 1. The molecule has 0 spiro atoms. The van der Waals surface area contributed by atoms with E-state index < -0.39 is 0 Å². The molecule has 1 aromatic heterocycles. The number of nitrogens with zero attached hydrogens (tertiary/aromatic N) is 2. The fraction of sp³-hybridized carbons (Fsp3) is 0.250. The second-order valence-corrected chi connectivity index (χ2v) is 7.34. The Labute approximate surface area is 147 Å². The van der Waals surface area contributed by atoms with Crippen LogP contribution >= 0.6 is 11.8 Å². The summed E-state index contributed by atoms with van der Waals surface area (Å²) in [6, 6.07) is 10.9. The molecule has 0 fully saturated rings. The summed E-state index contributed by atoms with van der Waals surface area (Å²) in [5, 5.41) is 0.295. The lowest BCUT2D eigenvalue weighted by Gasteiger charge is -2.30. The SMILES string of the molecule is Nc1cc(CSC2C=CC=CN2c2ccc3c(c2)CCC3)ccn1. The number of hydrogen-bond acceptors (Lipinski definition) is 4. The van der Waals surface area contributed by atoms with Gasteiger partial charge in [0.2, 0.25) is 0 Å². The number of nitrogen functional groups attached to an aromatic ring is 1. The summed E-state index contributed by atoms with van der Waals surface area (Å²) >= 11 is 1.90. The molecule has 3 nitrogen and oxygen atoms in total. The topological polar surface area (TPSA) is 42.1 Å². The van der Waals surface area contributed by atoms with Gasteiger partial charge >= 0.3 is 0 Å². The van der Waals surface area contributed by atoms with Crippen molar-refractivity contribution in [2.45, 2.75) is 30.4 Å². The Balaban J connectivity index is 1.51. The van der Waals surface area contributed by atoms with Crippen LogP contribution < -0.4 is 10.6 Å². The average molecular weight is 335 g/mol. The molecule has 1 aromatic carbocycles. The maximum absolute atomic E-state index is 5.78. The molecule has 0 saturated heterocycles. The van der Waals surface area contributed by atoms with Crippen LogP contribution in [0.1, 0.15) is 23.1 Å². The van der Waals surface area contributed by atoms with Crippen LogP contribution in [0.5, 0.6) is 0 Å². The zero-order chi connectivity index (χ0) is 16.4. The third kappa shape index (κ3) is 3.20. The molecule has 2 aliphatic rings. The van der Waals surface area contributed by atoms with Crippen LogP contribution in [0.2, 0.25) is 0 Å². The minimum Gasteiger partial charge on any atom is -0.384 e. The van der Waals surface area contributed by atoms with E-state index in [0.717, 1.165) is 5.75 Å². The van der Waals surface area contributed by atoms with Crippen molar-refractivity contribution in [3.05, 3.63) is 77.6 Å². The largest absolute Gasteiger partial charge is 0.384 e. The number of thioether (sulfide) groups is 1. The number of pyridine rings is 1. The summed E-state index contributed by atoms with van der Waals surface area (Å²) < 4.78 is 0. The highest BCUT2D eigenvalue weighted by Crippen LogP contribution is 2.33. The Morgan fingerprint density at radius 1 is 1.12 bits per heavy atom. The average Bonchev–Trinajstić information content (AvgIpc) is 3.08. The zero-order valence-corrected chi connectivity index (χ0v) is 14.4. The summed E-state index contributed by atoms with van der Waals surface area (Å²) in [5.41, 5.74) is 11.3. The first kappa shape index (κ1) is 15.3. The number of hydrogen-bond donors (Lipinski definition) is 1. The molecule has 2 heterocycles. The highest BCUT2D eigenvalue weighted by Gasteiger charge is 2.19. The number of allylic oxidation sites excluding steroid dienone is 2. The Kier molecular flexibility index (Phi) is 4.30. The van der Waals surface area contributed by atoms with Crippen molar-refractivity contribution < 1.29 is 0 Å². The number of fused-ring (bicyclic) bond motifs is 1. The molecular weight excluding hydrogens is 314 g/mol. The molecule has 4 heteroatoms. The third-order valence-electron chi connectivity index (χ3n) is 4.55. The number of anilines is 2. The van der Waals surface area contributed by atoms with E-state index in [1.54, 1.807) is 6.20 Å². The van der Waals surface area contributed by atoms with Gasteiger partial charge in [-0.05, 0) is 66.3 Å². The van der Waals surface area contributed by atoms with Crippen molar-refractivity contribution in [2.75, 3.05) is 10.6 Å². The number of rotatable bonds is 4. The molecule has 1 unspecified atom stereocenters. The van der Waals surface area contributed by atoms with Crippen molar-refractivity contribution in [3.8, 4) is 0 Å². The van der Waals surface area contributed by atoms with Gasteiger partial charge in [0.1, 0.15) is 5.82 Å². The van der Waals surface area contributed by atoms with Gasteiger partial charge in [-0.3, -0.25) is 0 Å². The molecule has 1 aliphatic heterocycles. The second kappa shape index (κ2) is 6.73. The molecule has 122 valence electrons. The molecule has 4 rings (SSSR count). The van der Waals surface area contributed by atoms with Crippen molar-refractivity contribution >= 4 is 23.3 Å². The Morgan fingerprint density at radius 3 is 2.96 bits per heavy atom. The summed E-state index contributed by atoms with van der Waals surface area (Å²) in [6.07, 6.45) is 14.2. The van der Waals surface area contributed by atoms with E-state index in [9.17, 15) is 0 Å². The summed E-state index contributed by atoms with van der Waals surface area (Å²) in [5.74, 6) is 1.50. The van der Waals surface area contributed by atoms with Crippen molar-refractivity contribution in [2.24, 2.45) is 0 Å². The summed E-state index contributed by atoms with van der Waals surface area (Å²) in [7, 11) is 0. The van der Waals surface area contributed by atoms with Crippen LogP contribution in [-0.4, -0.2) is 10.4 Å². The summed E-state index contributed by atoms with van der Waals surface area (Å²) in [4.78, 5) is 6.42. The highest BCUT2D eigenvalue weighted by atomic mass is 32.2. The molecule has 0 amide bonds. The van der Waals surface area contributed by atoms with E-state index >= 15 is 0 Å². The minimum absolute atomic E-state index is 0.295. The second-order valence-electron chi connectivity index (χ2n) is 6.23. The van der Waals surface area contributed by atoms with E-state index in [1.165, 1.54) is 41.6 Å². The van der Waals surface area contributed by atoms with Crippen LogP contribution in [-0.2, 0) is 18.6 Å². The van der Waals surface area contributed by atoms with Crippen LogP contribution in [0.15, 0.2) is 61.0 Å². The smallest absolute Gasteiger partial charge is 0.123 e. The van der Waals surface area contributed by atoms with E-state index in [1.807, 2.05) is 23.9 Å². The van der Waals surface area contributed by atoms with Gasteiger partial charge in [0.05, 0.1) is 5.37 Å². The van der Waals surface area contributed by atoms with Gasteiger partial charge in [0, 0.05) is 23.8 Å². The predicted molar refractivity (Wildman–Crippen MR) is 103 cm³/mol. The fourth-order valence-corrected chi connectivity index (χ4v) is 4.43. The minimum atomic E-state index is 0.295. The maximum atomic E-state index is 5.78. The van der Waals surface area contributed by atoms with Gasteiger partial charge in [-0.25, -0.2) is 4.98 Å². The molecule has 0 bridgehead atoms. The monoisotopic (exact) mass is 335 g/mol. The van der Waals surface area contributed by atoms with Crippen molar-refractivity contribution in [1.29, 1.82) is 0 Å². The van der Waals surface area contributed by atoms with Crippen LogP contribution in [0.3, 0.4) is 0 Å². The van der Waals surface area contributed by atoms with Gasteiger partial charge in [-0.1, -0.05) is 18.2 Å². The molecular formula is C20H21N3S. The quantitative estimate of drug-likeness (QED) is 0.904. The molecule has 1 aliphatic carbocycles. The number of aromatic nitrogens is 1. The van der Waals surface area contributed by atoms with Crippen molar-refractivity contribution in [1.82, 2.24) is 4.98 Å². The molecule has 2 aromatic rings. The predicted octanol–water partition coefficient (Wildman–Crippen LogP) is 4.30. The summed E-state index contributed by atoms with van der Waals surface area (Å²) in [6.45, 7) is 0. The van der Waals surface area contributed by atoms with Gasteiger partial charge in [-0.2, -0.15) is 0 Å². The number of aryl methyl sites for hydroxylation is 2. The Hall–Kier alpha value is -2.20. The Bertz CT molecular complexity index is 797. The van der Waals surface area contributed by atoms with Crippen LogP contribution in [0.4, 0.5) is 11.5 Å². The van der Waals surface area contributed by atoms with E-state index in [0.29, 0.717) is 11.2 Å². The molecule has 2 N–H and O–H groups in total. The van der Waals surface area contributed by atoms with Gasteiger partial charge in [0.25, 0.3) is 0 Å². The standard InChI is InChI=1S/C20H21N3S/c21-19-12-15(9-10-22-19)14-24-20-6-1-2-11-23(20)18-8-7-16-4-3-5-17(16)13-18/h1-2,6-13,20H,3-5,14H2,(H2,21,22). The Morgan fingerprint density at radius 2 is 2.04 bits per heavy atom. The highest BCUT2D eigenvalue weighted by molar-refractivity contribution is 7.99. The number of benzene rings is 1. The molecule has 0 saturated carbocycles. The van der Waals surface area contributed by atoms with Crippen molar-refractivity contribution in [3.63, 3.8) is 0 Å². The first-order valence-corrected chi connectivity index (χ1v) is 9.42. The van der Waals surface area contributed by atoms with Crippen LogP contribution in [0, 0.1) is 0 Å². The zero-order valence-electron chi connectivity index (χ0n) is 13.6. The lowest BCUT2D eigenvalue weighted by Crippen LogP contribution is -2.27. The third-order valence-corrected chi connectivity index (χ3v) is 5.78. The lowest BCUT2D eigenvalue weighted by molar-refractivity contribution is 0.911. The van der Waals surface area contributed by atoms with Gasteiger partial charge in [-0.15, -0.1) is 11.8 Å². The fourth-order valence-electron chi connectivity index (χ4n) is 3.33. The maximum Gasteiger partial charge on any atom is 0.123 e. The molecule has 24 heavy (non-hydrogen) atoms. The molecule has 1 atom stereocenters.